The Morgan fingerprint density at radius 2 is 1.67 bits per heavy atom. The molecule has 5 nitrogen and oxygen atoms in total. The van der Waals surface area contributed by atoms with E-state index in [0.717, 1.165) is 0 Å². The Morgan fingerprint density at radius 3 is 2.08 bits per heavy atom. The molecule has 0 saturated heterocycles. The molecule has 4 N–H and O–H groups in total. The molecular weight excluding hydrogens is 183 g/mol. The lowest BCUT2D eigenvalue weighted by molar-refractivity contribution is 0.283. The molecule has 0 heterocycles. The standard InChI is InChI=1S/C6H7O4P.H2O/c7-11(8,9)10-6-4-2-1-3-5-6;/h1-5H,(H2,7,8,9);1H2. The molecule has 0 unspecified atom stereocenters. The minimum atomic E-state index is -4.39. The van der Waals surface area contributed by atoms with Crippen molar-refractivity contribution in [1.29, 1.82) is 0 Å². The van der Waals surface area contributed by atoms with E-state index in [2.05, 4.69) is 4.52 Å². The molecule has 0 fully saturated rings. The molecule has 68 valence electrons. The molecule has 1 aromatic rings. The van der Waals surface area contributed by atoms with Crippen LogP contribution in [0.15, 0.2) is 30.3 Å². The highest BCUT2D eigenvalue weighted by atomic mass is 31.2. The number of rotatable bonds is 2. The summed E-state index contributed by atoms with van der Waals surface area (Å²) in [7, 11) is -4.39. The van der Waals surface area contributed by atoms with Gasteiger partial charge in [0.1, 0.15) is 5.75 Å². The molecule has 0 aromatic heterocycles. The molecule has 0 aliphatic heterocycles. The van der Waals surface area contributed by atoms with Crippen molar-refractivity contribution in [3.8, 4) is 5.75 Å². The van der Waals surface area contributed by atoms with Crippen molar-refractivity contribution in [2.45, 2.75) is 0 Å². The van der Waals surface area contributed by atoms with E-state index >= 15 is 0 Å². The fourth-order valence-corrected chi connectivity index (χ4v) is 1.02. The van der Waals surface area contributed by atoms with E-state index in [-0.39, 0.29) is 11.2 Å². The smallest absolute Gasteiger partial charge is 0.412 e. The van der Waals surface area contributed by atoms with Crippen molar-refractivity contribution in [1.82, 2.24) is 0 Å². The summed E-state index contributed by atoms with van der Waals surface area (Å²) in [6.45, 7) is 0. The fourth-order valence-electron chi connectivity index (χ4n) is 0.619. The van der Waals surface area contributed by atoms with Crippen LogP contribution in [0.4, 0.5) is 0 Å². The first-order valence-corrected chi connectivity index (χ1v) is 4.41. The van der Waals surface area contributed by atoms with Gasteiger partial charge in [0, 0.05) is 0 Å². The van der Waals surface area contributed by atoms with Gasteiger partial charge in [0.15, 0.2) is 0 Å². The number of benzene rings is 1. The Labute approximate surface area is 69.2 Å². The van der Waals surface area contributed by atoms with Crippen LogP contribution in [0.1, 0.15) is 0 Å². The maximum Gasteiger partial charge on any atom is 0.524 e. The normalized spacial score (nSPS) is 10.2. The van der Waals surface area contributed by atoms with Crippen molar-refractivity contribution in [3.63, 3.8) is 0 Å². The van der Waals surface area contributed by atoms with Crippen molar-refractivity contribution in [2.24, 2.45) is 0 Å². The Kier molecular flexibility index (Phi) is 3.92. The van der Waals surface area contributed by atoms with Crippen LogP contribution in [0, 0.1) is 0 Å². The number of hydrogen-bond acceptors (Lipinski definition) is 2. The van der Waals surface area contributed by atoms with Crippen molar-refractivity contribution >= 4 is 7.82 Å². The van der Waals surface area contributed by atoms with E-state index in [9.17, 15) is 4.57 Å². The predicted molar refractivity (Wildman–Crippen MR) is 42.7 cm³/mol. The minimum Gasteiger partial charge on any atom is -0.412 e. The van der Waals surface area contributed by atoms with Crippen LogP contribution in [0.2, 0.25) is 0 Å². The predicted octanol–water partition coefficient (Wildman–Crippen LogP) is 0.333. The van der Waals surface area contributed by atoms with Gasteiger partial charge < -0.3 is 10.00 Å². The molecule has 6 heteroatoms. The van der Waals surface area contributed by atoms with Crippen LogP contribution in [-0.4, -0.2) is 15.3 Å². The molecule has 0 bridgehead atoms. The monoisotopic (exact) mass is 192 g/mol. The first kappa shape index (κ1) is 11.1. The van der Waals surface area contributed by atoms with Gasteiger partial charge in [-0.05, 0) is 12.1 Å². The second-order valence-corrected chi connectivity index (χ2v) is 3.06. The average Bonchev–Trinajstić information content (AvgIpc) is 1.85. The highest BCUT2D eigenvalue weighted by Gasteiger charge is 2.14. The van der Waals surface area contributed by atoms with E-state index in [0.29, 0.717) is 0 Å². The second-order valence-electron chi connectivity index (χ2n) is 1.89. The largest absolute Gasteiger partial charge is 0.524 e. The van der Waals surface area contributed by atoms with Crippen LogP contribution in [-0.2, 0) is 4.57 Å². The summed E-state index contributed by atoms with van der Waals surface area (Å²) in [5.74, 6) is 0.167. The topological polar surface area (TPSA) is 98.3 Å². The van der Waals surface area contributed by atoms with Gasteiger partial charge in [-0.15, -0.1) is 0 Å². The fraction of sp³-hybridized carbons (Fsp3) is 0. The zero-order valence-corrected chi connectivity index (χ0v) is 6.94. The van der Waals surface area contributed by atoms with Crippen molar-refractivity contribution < 1.29 is 24.4 Å². The molecule has 0 atom stereocenters. The molecule has 12 heavy (non-hydrogen) atoms. The first-order chi connectivity index (χ1) is 5.08. The lowest BCUT2D eigenvalue weighted by atomic mass is 10.3. The lowest BCUT2D eigenvalue weighted by Gasteiger charge is -2.04. The summed E-state index contributed by atoms with van der Waals surface area (Å²) < 4.78 is 14.5. The molecule has 0 saturated carbocycles. The summed E-state index contributed by atoms with van der Waals surface area (Å²) in [4.78, 5) is 16.7. The quantitative estimate of drug-likeness (QED) is 0.659. The van der Waals surface area contributed by atoms with Gasteiger partial charge in [-0.1, -0.05) is 18.2 Å². The Morgan fingerprint density at radius 1 is 1.17 bits per heavy atom. The van der Waals surface area contributed by atoms with Gasteiger partial charge in [0.25, 0.3) is 0 Å². The molecule has 0 spiro atoms. The maximum atomic E-state index is 10.3. The molecule has 0 radical (unpaired) electrons. The lowest BCUT2D eigenvalue weighted by Crippen LogP contribution is -1.88. The zero-order chi connectivity index (χ0) is 8.32. The summed E-state index contributed by atoms with van der Waals surface area (Å²) in [5.41, 5.74) is 0. The molecule has 1 aromatic carbocycles. The van der Waals surface area contributed by atoms with Crippen LogP contribution in [0.5, 0.6) is 5.75 Å². The van der Waals surface area contributed by atoms with Gasteiger partial charge in [0.2, 0.25) is 0 Å². The summed E-state index contributed by atoms with van der Waals surface area (Å²) in [6.07, 6.45) is 0. The summed E-state index contributed by atoms with van der Waals surface area (Å²) in [6, 6.07) is 7.93. The van der Waals surface area contributed by atoms with Crippen LogP contribution in [0.25, 0.3) is 0 Å². The van der Waals surface area contributed by atoms with Crippen molar-refractivity contribution in [2.75, 3.05) is 0 Å². The third-order valence-electron chi connectivity index (χ3n) is 0.968. The summed E-state index contributed by atoms with van der Waals surface area (Å²) >= 11 is 0. The third kappa shape index (κ3) is 4.10. The highest BCUT2D eigenvalue weighted by molar-refractivity contribution is 7.46. The number of phosphoric ester groups is 1. The number of phosphoric acid groups is 1. The second kappa shape index (κ2) is 4.23. The summed E-state index contributed by atoms with van der Waals surface area (Å²) in [5, 5.41) is 0. The number of hydrogen-bond donors (Lipinski definition) is 2. The van der Waals surface area contributed by atoms with Crippen molar-refractivity contribution in [3.05, 3.63) is 30.3 Å². The van der Waals surface area contributed by atoms with E-state index < -0.39 is 7.82 Å². The Bertz CT molecular complexity index is 267. The Balaban J connectivity index is 0.00000121. The van der Waals surface area contributed by atoms with Crippen LogP contribution < -0.4 is 4.52 Å². The van der Waals surface area contributed by atoms with Crippen LogP contribution >= 0.6 is 7.82 Å². The average molecular weight is 192 g/mol. The molecule has 0 amide bonds. The maximum absolute atomic E-state index is 10.3. The number of para-hydroxylation sites is 1. The van der Waals surface area contributed by atoms with Gasteiger partial charge in [-0.2, -0.15) is 0 Å². The van der Waals surface area contributed by atoms with E-state index in [4.69, 9.17) is 9.79 Å². The molecular formula is C6H9O5P. The van der Waals surface area contributed by atoms with Crippen LogP contribution in [0.3, 0.4) is 0 Å². The van der Waals surface area contributed by atoms with E-state index in [1.54, 1.807) is 18.2 Å². The van der Waals surface area contributed by atoms with Gasteiger partial charge in [-0.3, -0.25) is 9.79 Å². The van der Waals surface area contributed by atoms with Gasteiger partial charge >= 0.3 is 7.82 Å². The minimum absolute atomic E-state index is 0. The third-order valence-corrected chi connectivity index (χ3v) is 1.42. The first-order valence-electron chi connectivity index (χ1n) is 2.88. The molecule has 0 aliphatic rings. The zero-order valence-electron chi connectivity index (χ0n) is 6.04. The SMILES string of the molecule is O.O=P(O)(O)Oc1ccccc1. The van der Waals surface area contributed by atoms with E-state index in [1.165, 1.54) is 12.1 Å². The Hall–Kier alpha value is -0.870. The molecule has 1 rings (SSSR count). The van der Waals surface area contributed by atoms with Gasteiger partial charge in [-0.25, -0.2) is 4.57 Å². The highest BCUT2D eigenvalue weighted by Crippen LogP contribution is 2.36. The van der Waals surface area contributed by atoms with E-state index in [1.807, 2.05) is 0 Å². The van der Waals surface area contributed by atoms with Gasteiger partial charge in [0.05, 0.1) is 0 Å². The molecule has 0 aliphatic carbocycles.